The van der Waals surface area contributed by atoms with Crippen molar-refractivity contribution < 1.29 is 0 Å². The van der Waals surface area contributed by atoms with Gasteiger partial charge in [-0.2, -0.15) is 9.07 Å². The number of nitrogen functional groups attached to an aromatic ring is 1. The molecule has 0 bridgehead atoms. The number of benzene rings is 3. The Morgan fingerprint density at radius 2 is 1.72 bits per heavy atom. The predicted octanol–water partition coefficient (Wildman–Crippen LogP) is 4.97. The summed E-state index contributed by atoms with van der Waals surface area (Å²) in [5.74, 6) is 0.766. The Morgan fingerprint density at radius 1 is 0.960 bits per heavy atom. The van der Waals surface area contributed by atoms with Gasteiger partial charge in [0, 0.05) is 27.6 Å². The van der Waals surface area contributed by atoms with Crippen LogP contribution in [0.5, 0.6) is 0 Å². The number of fused-ring (bicyclic) bond motifs is 1. The fraction of sp³-hybridized carbons (Fsp3) is 0. The van der Waals surface area contributed by atoms with Crippen molar-refractivity contribution in [3.63, 3.8) is 0 Å². The molecule has 0 aliphatic rings. The van der Waals surface area contributed by atoms with Gasteiger partial charge in [-0.15, -0.1) is 5.10 Å². The molecule has 4 aromatic rings. The Hall–Kier alpha value is -2.70. The van der Waals surface area contributed by atoms with Crippen LogP contribution in [0.4, 0.5) is 17.6 Å². The van der Waals surface area contributed by atoms with Crippen LogP contribution in [0.2, 0.25) is 5.02 Å². The zero-order chi connectivity index (χ0) is 17.2. The lowest BCUT2D eigenvalue weighted by Crippen LogP contribution is -1.97. The molecule has 0 saturated carbocycles. The summed E-state index contributed by atoms with van der Waals surface area (Å²) >= 11 is 7.33. The van der Waals surface area contributed by atoms with Crippen molar-refractivity contribution in [2.24, 2.45) is 0 Å². The average molecular weight is 368 g/mol. The molecule has 0 spiro atoms. The van der Waals surface area contributed by atoms with Crippen molar-refractivity contribution in [1.29, 1.82) is 0 Å². The van der Waals surface area contributed by atoms with E-state index in [0.717, 1.165) is 16.0 Å². The topological polar surface area (TPSA) is 68.8 Å². The minimum absolute atomic E-state index is 0.328. The minimum atomic E-state index is 0.328. The highest BCUT2D eigenvalue weighted by atomic mass is 35.5. The number of anilines is 3. The summed E-state index contributed by atoms with van der Waals surface area (Å²) < 4.78 is 1.61. The summed E-state index contributed by atoms with van der Waals surface area (Å²) in [7, 11) is 0. The largest absolute Gasteiger partial charge is 0.367 e. The molecule has 25 heavy (non-hydrogen) atoms. The summed E-state index contributed by atoms with van der Waals surface area (Å²) in [5, 5.41) is 10.5. The Balaban J connectivity index is 1.61. The first-order chi connectivity index (χ1) is 12.2. The fourth-order valence-electron chi connectivity index (χ4n) is 2.46. The van der Waals surface area contributed by atoms with E-state index in [1.807, 2.05) is 36.4 Å². The van der Waals surface area contributed by atoms with Gasteiger partial charge in [0.1, 0.15) is 0 Å². The van der Waals surface area contributed by atoms with Crippen LogP contribution in [-0.4, -0.2) is 14.2 Å². The summed E-state index contributed by atoms with van der Waals surface area (Å²) in [6.45, 7) is 0. The standard InChI is InChI=1S/C18H14ClN5S/c19-13-8-10-14(11-9-13)21-18-22-17(20)24(23-18)25-16-7-3-5-12-4-1-2-6-15(12)16/h1-11H,(H3,20,21,22,23). The Labute approximate surface area is 154 Å². The molecule has 5 nitrogen and oxygen atoms in total. The molecule has 4 rings (SSSR count). The van der Waals surface area contributed by atoms with E-state index in [2.05, 4.69) is 33.6 Å². The van der Waals surface area contributed by atoms with E-state index in [1.165, 1.54) is 17.3 Å². The van der Waals surface area contributed by atoms with Crippen LogP contribution in [0.25, 0.3) is 10.8 Å². The molecule has 1 aromatic heterocycles. The molecule has 0 amide bonds. The minimum Gasteiger partial charge on any atom is -0.367 e. The average Bonchev–Trinajstić information content (AvgIpc) is 2.96. The lowest BCUT2D eigenvalue weighted by Gasteiger charge is -2.06. The highest BCUT2D eigenvalue weighted by Crippen LogP contribution is 2.30. The summed E-state index contributed by atoms with van der Waals surface area (Å²) in [6, 6.07) is 21.7. The Bertz CT molecular complexity index is 1020. The SMILES string of the molecule is Nc1nc(Nc2ccc(Cl)cc2)nn1Sc1cccc2ccccc12. The van der Waals surface area contributed by atoms with Crippen LogP contribution in [-0.2, 0) is 0 Å². The van der Waals surface area contributed by atoms with Gasteiger partial charge in [-0.05, 0) is 41.1 Å². The number of hydrogen-bond donors (Lipinski definition) is 2. The molecule has 3 N–H and O–H groups in total. The smallest absolute Gasteiger partial charge is 0.249 e. The van der Waals surface area contributed by atoms with Crippen molar-refractivity contribution in [2.45, 2.75) is 4.90 Å². The number of nitrogens with zero attached hydrogens (tertiary/aromatic N) is 3. The summed E-state index contributed by atoms with van der Waals surface area (Å²) in [4.78, 5) is 5.33. The first kappa shape index (κ1) is 15.8. The van der Waals surface area contributed by atoms with Crippen LogP contribution in [0.1, 0.15) is 0 Å². The molecule has 0 atom stereocenters. The van der Waals surface area contributed by atoms with Crippen LogP contribution >= 0.6 is 23.5 Å². The molecule has 0 fully saturated rings. The maximum absolute atomic E-state index is 6.02. The van der Waals surface area contributed by atoms with Crippen LogP contribution in [0, 0.1) is 0 Å². The van der Waals surface area contributed by atoms with Gasteiger partial charge in [-0.3, -0.25) is 0 Å². The molecule has 0 unspecified atom stereocenters. The van der Waals surface area contributed by atoms with Crippen molar-refractivity contribution in [2.75, 3.05) is 11.1 Å². The zero-order valence-electron chi connectivity index (χ0n) is 13.1. The molecule has 124 valence electrons. The lowest BCUT2D eigenvalue weighted by atomic mass is 10.1. The van der Waals surface area contributed by atoms with Crippen molar-refractivity contribution >= 4 is 51.9 Å². The van der Waals surface area contributed by atoms with Crippen molar-refractivity contribution in [3.8, 4) is 0 Å². The normalized spacial score (nSPS) is 10.9. The molecule has 1 heterocycles. The van der Waals surface area contributed by atoms with Gasteiger partial charge < -0.3 is 11.1 Å². The van der Waals surface area contributed by atoms with E-state index >= 15 is 0 Å². The van der Waals surface area contributed by atoms with Gasteiger partial charge in [-0.1, -0.05) is 48.0 Å². The quantitative estimate of drug-likeness (QED) is 0.533. The molecule has 0 aliphatic heterocycles. The molecule has 0 aliphatic carbocycles. The number of nitrogens with two attached hydrogens (primary N) is 1. The van der Waals surface area contributed by atoms with Crippen LogP contribution < -0.4 is 11.1 Å². The van der Waals surface area contributed by atoms with Gasteiger partial charge in [0.2, 0.25) is 11.9 Å². The second-order valence-corrected chi connectivity index (χ2v) is 6.77. The van der Waals surface area contributed by atoms with E-state index in [4.69, 9.17) is 17.3 Å². The third kappa shape index (κ3) is 3.40. The Morgan fingerprint density at radius 3 is 2.56 bits per heavy atom. The monoisotopic (exact) mass is 367 g/mol. The highest BCUT2D eigenvalue weighted by molar-refractivity contribution is 7.98. The number of halogens is 1. The summed E-state index contributed by atoms with van der Waals surface area (Å²) in [5.41, 5.74) is 6.86. The maximum Gasteiger partial charge on any atom is 0.249 e. The third-order valence-electron chi connectivity index (χ3n) is 3.64. The van der Waals surface area contributed by atoms with E-state index in [9.17, 15) is 0 Å². The zero-order valence-corrected chi connectivity index (χ0v) is 14.6. The van der Waals surface area contributed by atoms with Crippen LogP contribution in [0.3, 0.4) is 0 Å². The third-order valence-corrected chi connectivity index (χ3v) is 4.88. The number of hydrogen-bond acceptors (Lipinski definition) is 5. The second-order valence-electron chi connectivity index (χ2n) is 5.37. The number of nitrogens with one attached hydrogen (secondary N) is 1. The molecular weight excluding hydrogens is 354 g/mol. The number of aromatic nitrogens is 3. The molecule has 0 saturated heterocycles. The van der Waals surface area contributed by atoms with Gasteiger partial charge >= 0.3 is 0 Å². The van der Waals surface area contributed by atoms with E-state index in [1.54, 1.807) is 16.2 Å². The number of rotatable bonds is 4. The van der Waals surface area contributed by atoms with Crippen molar-refractivity contribution in [1.82, 2.24) is 14.2 Å². The first-order valence-corrected chi connectivity index (χ1v) is 8.75. The first-order valence-electron chi connectivity index (χ1n) is 7.60. The lowest BCUT2D eigenvalue weighted by molar-refractivity contribution is 1.02. The van der Waals surface area contributed by atoms with E-state index in [-0.39, 0.29) is 0 Å². The van der Waals surface area contributed by atoms with Gasteiger partial charge in [0.25, 0.3) is 0 Å². The Kier molecular flexibility index (Phi) is 4.21. The van der Waals surface area contributed by atoms with E-state index < -0.39 is 0 Å². The molecule has 0 radical (unpaired) electrons. The van der Waals surface area contributed by atoms with Gasteiger partial charge in [0.15, 0.2) is 0 Å². The second kappa shape index (κ2) is 6.66. The molecule has 3 aromatic carbocycles. The van der Waals surface area contributed by atoms with E-state index in [0.29, 0.717) is 16.9 Å². The predicted molar refractivity (Wildman–Crippen MR) is 104 cm³/mol. The fourth-order valence-corrected chi connectivity index (χ4v) is 3.45. The van der Waals surface area contributed by atoms with Gasteiger partial charge in [-0.25, -0.2) is 0 Å². The molecular formula is C18H14ClN5S. The van der Waals surface area contributed by atoms with Gasteiger partial charge in [0.05, 0.1) is 0 Å². The highest BCUT2D eigenvalue weighted by Gasteiger charge is 2.10. The van der Waals surface area contributed by atoms with Crippen molar-refractivity contribution in [3.05, 3.63) is 71.8 Å². The van der Waals surface area contributed by atoms with Crippen LogP contribution in [0.15, 0.2) is 71.6 Å². The summed E-state index contributed by atoms with van der Waals surface area (Å²) in [6.07, 6.45) is 0. The maximum atomic E-state index is 6.02. The molecule has 7 heteroatoms.